The van der Waals surface area contributed by atoms with Gasteiger partial charge in [0, 0.05) is 6.42 Å². The van der Waals surface area contributed by atoms with E-state index >= 15 is 0 Å². The maximum absolute atomic E-state index is 10.1. The Balaban J connectivity index is 2.90. The molecule has 0 bridgehead atoms. The molecule has 0 spiro atoms. The van der Waals surface area contributed by atoms with E-state index < -0.39 is 0 Å². The zero-order valence-corrected chi connectivity index (χ0v) is 5.88. The lowest BCUT2D eigenvalue weighted by Crippen LogP contribution is -2.14. The zero-order valence-electron chi connectivity index (χ0n) is 5.88. The molecule has 0 aromatic rings. The lowest BCUT2D eigenvalue weighted by molar-refractivity contribution is -0.119. The van der Waals surface area contributed by atoms with E-state index in [4.69, 9.17) is 10.5 Å². The third-order valence-electron chi connectivity index (χ3n) is 0.887. The van der Waals surface area contributed by atoms with Gasteiger partial charge in [-0.2, -0.15) is 0 Å². The first-order chi connectivity index (χ1) is 4.77. The Labute approximate surface area is 60.1 Å². The lowest BCUT2D eigenvalue weighted by atomic mass is 10.4. The van der Waals surface area contributed by atoms with E-state index in [9.17, 15) is 4.79 Å². The highest BCUT2D eigenvalue weighted by Crippen LogP contribution is 1.80. The van der Waals surface area contributed by atoms with Crippen LogP contribution >= 0.6 is 0 Å². The lowest BCUT2D eigenvalue weighted by Gasteiger charge is -1.97. The summed E-state index contributed by atoms with van der Waals surface area (Å²) in [6.45, 7) is 4.73. The van der Waals surface area contributed by atoms with Crippen molar-refractivity contribution < 1.29 is 9.53 Å². The number of amides is 1. The number of hydrogen-bond acceptors (Lipinski definition) is 3. The second-order valence-corrected chi connectivity index (χ2v) is 1.78. The summed E-state index contributed by atoms with van der Waals surface area (Å²) in [5.41, 5.74) is 4.85. The topological polar surface area (TPSA) is 64.7 Å². The summed E-state index contributed by atoms with van der Waals surface area (Å²) >= 11 is 0. The summed E-state index contributed by atoms with van der Waals surface area (Å²) in [5, 5.41) is 0. The largest absolute Gasteiger partial charge is 0.379 e. The fourth-order valence-corrected chi connectivity index (χ4v) is 0.404. The van der Waals surface area contributed by atoms with Crippen LogP contribution in [0.25, 0.3) is 0 Å². The zero-order chi connectivity index (χ0) is 7.82. The number of carbonyl (C=O) groups is 1. The molecule has 0 rings (SSSR count). The number of aliphatic imine (C=N–C) groups is 1. The van der Waals surface area contributed by atoms with Crippen molar-refractivity contribution in [1.82, 2.24) is 0 Å². The number of ether oxygens (including phenoxy) is 1. The highest BCUT2D eigenvalue weighted by atomic mass is 16.5. The SMILES string of the molecule is C=NCCOCCC(N)=O. The van der Waals surface area contributed by atoms with Crippen LogP contribution in [-0.2, 0) is 9.53 Å². The molecule has 0 atom stereocenters. The van der Waals surface area contributed by atoms with Gasteiger partial charge in [-0.25, -0.2) is 0 Å². The Bertz CT molecular complexity index is 114. The molecule has 4 nitrogen and oxygen atoms in total. The van der Waals surface area contributed by atoms with Crippen molar-refractivity contribution in [3.05, 3.63) is 0 Å². The van der Waals surface area contributed by atoms with Gasteiger partial charge < -0.3 is 10.5 Å². The summed E-state index contributed by atoms with van der Waals surface area (Å²) in [4.78, 5) is 13.7. The van der Waals surface area contributed by atoms with Crippen LogP contribution in [0.15, 0.2) is 4.99 Å². The van der Waals surface area contributed by atoms with Gasteiger partial charge in [0.05, 0.1) is 19.8 Å². The molecular weight excluding hydrogens is 132 g/mol. The molecule has 0 aromatic carbocycles. The van der Waals surface area contributed by atoms with E-state index in [0.29, 0.717) is 19.8 Å². The highest BCUT2D eigenvalue weighted by molar-refractivity contribution is 5.73. The summed E-state index contributed by atoms with van der Waals surface area (Å²) in [6.07, 6.45) is 0.275. The van der Waals surface area contributed by atoms with Crippen LogP contribution in [0.2, 0.25) is 0 Å². The summed E-state index contributed by atoms with van der Waals surface area (Å²) < 4.78 is 4.95. The standard InChI is InChI=1S/C6H12N2O2/c1-8-3-5-10-4-2-6(7)9/h1-5H2,(H2,7,9). The minimum Gasteiger partial charge on any atom is -0.379 e. The maximum atomic E-state index is 10.1. The van der Waals surface area contributed by atoms with E-state index in [1.165, 1.54) is 0 Å². The normalized spacial score (nSPS) is 9.20. The first-order valence-corrected chi connectivity index (χ1v) is 3.06. The predicted octanol–water partition coefficient (Wildman–Crippen LogP) is -0.421. The molecule has 0 fully saturated rings. The van der Waals surface area contributed by atoms with Gasteiger partial charge in [-0.3, -0.25) is 9.79 Å². The Morgan fingerprint density at radius 3 is 2.80 bits per heavy atom. The van der Waals surface area contributed by atoms with Crippen molar-refractivity contribution >= 4 is 12.6 Å². The van der Waals surface area contributed by atoms with E-state index in [1.54, 1.807) is 0 Å². The minimum absolute atomic E-state index is 0.275. The first-order valence-electron chi connectivity index (χ1n) is 3.06. The molecule has 4 heteroatoms. The molecule has 58 valence electrons. The quantitative estimate of drug-likeness (QED) is 0.406. The molecule has 0 aliphatic rings. The molecule has 0 saturated heterocycles. The van der Waals surface area contributed by atoms with Crippen LogP contribution in [-0.4, -0.2) is 32.4 Å². The smallest absolute Gasteiger partial charge is 0.219 e. The molecule has 0 unspecified atom stereocenters. The molecule has 0 aliphatic carbocycles. The van der Waals surface area contributed by atoms with E-state index in [1.807, 2.05) is 0 Å². The number of carbonyl (C=O) groups excluding carboxylic acids is 1. The number of rotatable bonds is 6. The maximum Gasteiger partial charge on any atom is 0.219 e. The first kappa shape index (κ1) is 9.10. The van der Waals surface area contributed by atoms with Gasteiger partial charge in [0.15, 0.2) is 0 Å². The molecule has 0 aliphatic heterocycles. The fraction of sp³-hybridized carbons (Fsp3) is 0.667. The van der Waals surface area contributed by atoms with Crippen LogP contribution < -0.4 is 5.73 Å². The van der Waals surface area contributed by atoms with Gasteiger partial charge in [-0.1, -0.05) is 0 Å². The van der Waals surface area contributed by atoms with Crippen LogP contribution in [0.1, 0.15) is 6.42 Å². The monoisotopic (exact) mass is 144 g/mol. The average molecular weight is 144 g/mol. The van der Waals surface area contributed by atoms with Crippen molar-refractivity contribution in [2.75, 3.05) is 19.8 Å². The number of nitrogens with zero attached hydrogens (tertiary/aromatic N) is 1. The van der Waals surface area contributed by atoms with Crippen molar-refractivity contribution in [3.63, 3.8) is 0 Å². The summed E-state index contributed by atoms with van der Waals surface area (Å²) in [6, 6.07) is 0. The number of nitrogens with two attached hydrogens (primary N) is 1. The Morgan fingerprint density at radius 1 is 1.60 bits per heavy atom. The van der Waals surface area contributed by atoms with Gasteiger partial charge in [0.25, 0.3) is 0 Å². The third-order valence-corrected chi connectivity index (χ3v) is 0.887. The molecule has 0 radical (unpaired) electrons. The van der Waals surface area contributed by atoms with Crippen molar-refractivity contribution in [2.45, 2.75) is 6.42 Å². The number of primary amides is 1. The average Bonchev–Trinajstić information content (AvgIpc) is 1.87. The van der Waals surface area contributed by atoms with Gasteiger partial charge in [-0.15, -0.1) is 0 Å². The molecule has 1 amide bonds. The van der Waals surface area contributed by atoms with Crippen LogP contribution in [0.5, 0.6) is 0 Å². The molecule has 0 heterocycles. The minimum atomic E-state index is -0.341. The highest BCUT2D eigenvalue weighted by Gasteiger charge is 1.92. The molecule has 2 N–H and O–H groups in total. The molecular formula is C6H12N2O2. The van der Waals surface area contributed by atoms with Gasteiger partial charge in [0.1, 0.15) is 0 Å². The molecule has 0 aromatic heterocycles. The number of hydrogen-bond donors (Lipinski definition) is 1. The van der Waals surface area contributed by atoms with Crippen molar-refractivity contribution in [2.24, 2.45) is 10.7 Å². The fourth-order valence-electron chi connectivity index (χ4n) is 0.404. The van der Waals surface area contributed by atoms with E-state index in [-0.39, 0.29) is 12.3 Å². The molecule has 10 heavy (non-hydrogen) atoms. The van der Waals surface area contributed by atoms with E-state index in [0.717, 1.165) is 0 Å². The van der Waals surface area contributed by atoms with Crippen LogP contribution in [0.4, 0.5) is 0 Å². The Morgan fingerprint density at radius 2 is 2.30 bits per heavy atom. The Hall–Kier alpha value is -0.900. The van der Waals surface area contributed by atoms with Crippen LogP contribution in [0.3, 0.4) is 0 Å². The molecule has 0 saturated carbocycles. The summed E-state index contributed by atoms with van der Waals surface area (Å²) in [5.74, 6) is -0.341. The summed E-state index contributed by atoms with van der Waals surface area (Å²) in [7, 11) is 0. The van der Waals surface area contributed by atoms with Gasteiger partial charge in [-0.05, 0) is 6.72 Å². The van der Waals surface area contributed by atoms with Crippen LogP contribution in [0, 0.1) is 0 Å². The van der Waals surface area contributed by atoms with Gasteiger partial charge in [0.2, 0.25) is 5.91 Å². The van der Waals surface area contributed by atoms with Crippen molar-refractivity contribution in [3.8, 4) is 0 Å². The predicted molar refractivity (Wildman–Crippen MR) is 39.0 cm³/mol. The van der Waals surface area contributed by atoms with Crippen molar-refractivity contribution in [1.29, 1.82) is 0 Å². The van der Waals surface area contributed by atoms with E-state index in [2.05, 4.69) is 11.7 Å². The second-order valence-electron chi connectivity index (χ2n) is 1.78. The third kappa shape index (κ3) is 7.10. The van der Waals surface area contributed by atoms with Gasteiger partial charge >= 0.3 is 0 Å². The second kappa shape index (κ2) is 6.22. The Kier molecular flexibility index (Phi) is 5.66.